The number of hydrazine groups is 1. The topological polar surface area (TPSA) is 79.3 Å². The number of aryl methyl sites for hydroxylation is 3. The van der Waals surface area contributed by atoms with Gasteiger partial charge in [0.15, 0.2) is 0 Å². The minimum absolute atomic E-state index is 0.0317. The maximum absolute atomic E-state index is 13.6. The molecule has 7 nitrogen and oxygen atoms in total. The monoisotopic (exact) mass is 409 g/mol. The first-order valence-electron chi connectivity index (χ1n) is 10.8. The first-order chi connectivity index (χ1) is 14.4. The lowest BCUT2D eigenvalue weighted by Crippen LogP contribution is -2.55. The fraction of sp³-hybridized carbons (Fsp3) is 0.522. The second-order valence-electron chi connectivity index (χ2n) is 8.66. The molecule has 4 heterocycles. The molecule has 2 fully saturated rings. The molecule has 2 aromatic rings. The van der Waals surface area contributed by atoms with E-state index in [1.807, 2.05) is 37.2 Å². The van der Waals surface area contributed by atoms with Crippen molar-refractivity contribution in [3.05, 3.63) is 62.8 Å². The van der Waals surface area contributed by atoms with Crippen LogP contribution in [0.4, 0.5) is 0 Å². The van der Waals surface area contributed by atoms with Gasteiger partial charge in [-0.25, -0.2) is 0 Å². The summed E-state index contributed by atoms with van der Waals surface area (Å²) in [4.78, 5) is 32.7. The van der Waals surface area contributed by atoms with Crippen LogP contribution in [-0.4, -0.2) is 45.5 Å². The van der Waals surface area contributed by atoms with Gasteiger partial charge in [-0.2, -0.15) is 0 Å². The van der Waals surface area contributed by atoms with Crippen LogP contribution in [0.3, 0.4) is 0 Å². The minimum atomic E-state index is -0.208. The molecule has 0 bridgehead atoms. The Morgan fingerprint density at radius 1 is 1.20 bits per heavy atom. The Morgan fingerprint density at radius 2 is 2.00 bits per heavy atom. The standard InChI is InChI=1S/C23H31N5O2/c1-14-11-16(3)27(4)22(29)20(14)23(30)28-10-6-5-7-19(28)21-18(13-25-26-21)17-8-9-24-12-15(17)2/h8-9,11-12,18-19,21,25-26H,5-7,10,13H2,1-4H3. The lowest BCUT2D eigenvalue weighted by Gasteiger charge is -2.41. The van der Waals surface area contributed by atoms with Gasteiger partial charge in [0, 0.05) is 56.2 Å². The zero-order valence-electron chi connectivity index (χ0n) is 18.2. The van der Waals surface area contributed by atoms with Crippen molar-refractivity contribution in [3.8, 4) is 0 Å². The summed E-state index contributed by atoms with van der Waals surface area (Å²) in [5.74, 6) is 0.102. The fourth-order valence-corrected chi connectivity index (χ4v) is 5.05. The van der Waals surface area contributed by atoms with E-state index in [0.717, 1.165) is 42.6 Å². The minimum Gasteiger partial charge on any atom is -0.334 e. The van der Waals surface area contributed by atoms with Gasteiger partial charge in [0.25, 0.3) is 11.5 Å². The molecule has 0 aromatic carbocycles. The first kappa shape index (κ1) is 20.8. The highest BCUT2D eigenvalue weighted by Gasteiger charge is 2.41. The second kappa shape index (κ2) is 8.32. The summed E-state index contributed by atoms with van der Waals surface area (Å²) in [6.07, 6.45) is 6.71. The second-order valence-corrected chi connectivity index (χ2v) is 8.66. The van der Waals surface area contributed by atoms with Crippen molar-refractivity contribution in [2.45, 2.75) is 58.0 Å². The van der Waals surface area contributed by atoms with Gasteiger partial charge in [0.05, 0.1) is 0 Å². The quantitative estimate of drug-likeness (QED) is 0.810. The zero-order chi connectivity index (χ0) is 21.4. The normalized spacial score (nSPS) is 24.3. The van der Waals surface area contributed by atoms with Gasteiger partial charge in [0.1, 0.15) is 5.56 Å². The van der Waals surface area contributed by atoms with Crippen LogP contribution < -0.4 is 16.4 Å². The van der Waals surface area contributed by atoms with Crippen LogP contribution in [0.2, 0.25) is 0 Å². The summed E-state index contributed by atoms with van der Waals surface area (Å²) in [7, 11) is 1.73. The summed E-state index contributed by atoms with van der Waals surface area (Å²) in [5, 5.41) is 0. The average molecular weight is 410 g/mol. The molecule has 2 N–H and O–H groups in total. The van der Waals surface area contributed by atoms with Crippen LogP contribution in [-0.2, 0) is 7.05 Å². The number of hydrogen-bond donors (Lipinski definition) is 2. The van der Waals surface area contributed by atoms with E-state index in [9.17, 15) is 9.59 Å². The summed E-state index contributed by atoms with van der Waals surface area (Å²) in [5.41, 5.74) is 10.9. The molecule has 3 unspecified atom stereocenters. The molecular weight excluding hydrogens is 378 g/mol. The smallest absolute Gasteiger partial charge is 0.263 e. The van der Waals surface area contributed by atoms with Gasteiger partial charge >= 0.3 is 0 Å². The van der Waals surface area contributed by atoms with Crippen molar-refractivity contribution in [3.63, 3.8) is 0 Å². The van der Waals surface area contributed by atoms with Crippen LogP contribution in [0.25, 0.3) is 0 Å². The zero-order valence-corrected chi connectivity index (χ0v) is 18.2. The van der Waals surface area contributed by atoms with E-state index in [1.54, 1.807) is 11.6 Å². The third-order valence-electron chi connectivity index (χ3n) is 6.79. The molecule has 0 spiro atoms. The predicted octanol–water partition coefficient (Wildman–Crippen LogP) is 1.96. The van der Waals surface area contributed by atoms with E-state index in [4.69, 9.17) is 0 Å². The number of carbonyl (C=O) groups is 1. The lowest BCUT2D eigenvalue weighted by molar-refractivity contribution is 0.0547. The molecule has 0 radical (unpaired) electrons. The Balaban J connectivity index is 1.69. The summed E-state index contributed by atoms with van der Waals surface area (Å²) in [6.45, 7) is 7.32. The van der Waals surface area contributed by atoms with Crippen LogP contribution in [0, 0.1) is 20.8 Å². The van der Waals surface area contributed by atoms with Crippen molar-refractivity contribution >= 4 is 5.91 Å². The lowest BCUT2D eigenvalue weighted by atomic mass is 9.83. The van der Waals surface area contributed by atoms with Crippen molar-refractivity contribution in [1.29, 1.82) is 0 Å². The molecule has 0 aliphatic carbocycles. The number of likely N-dealkylation sites (tertiary alicyclic amines) is 1. The molecule has 30 heavy (non-hydrogen) atoms. The van der Waals surface area contributed by atoms with Crippen LogP contribution in [0.15, 0.2) is 29.3 Å². The van der Waals surface area contributed by atoms with Gasteiger partial charge in [-0.3, -0.25) is 25.4 Å². The Kier molecular flexibility index (Phi) is 5.75. The van der Waals surface area contributed by atoms with E-state index in [-0.39, 0.29) is 29.5 Å². The van der Waals surface area contributed by atoms with E-state index in [1.165, 1.54) is 5.56 Å². The third-order valence-corrected chi connectivity index (χ3v) is 6.79. The highest BCUT2D eigenvalue weighted by Crippen LogP contribution is 2.32. The maximum atomic E-state index is 13.6. The molecule has 2 saturated heterocycles. The number of piperidine rings is 1. The van der Waals surface area contributed by atoms with E-state index < -0.39 is 0 Å². The number of amides is 1. The molecule has 7 heteroatoms. The van der Waals surface area contributed by atoms with Crippen molar-refractivity contribution in [2.24, 2.45) is 7.05 Å². The van der Waals surface area contributed by atoms with Crippen LogP contribution in [0.1, 0.15) is 57.9 Å². The van der Waals surface area contributed by atoms with Crippen LogP contribution in [0.5, 0.6) is 0 Å². The van der Waals surface area contributed by atoms with E-state index >= 15 is 0 Å². The highest BCUT2D eigenvalue weighted by atomic mass is 16.2. The molecule has 4 rings (SSSR count). The number of rotatable bonds is 3. The average Bonchev–Trinajstić information content (AvgIpc) is 3.22. The summed E-state index contributed by atoms with van der Waals surface area (Å²) >= 11 is 0. The van der Waals surface area contributed by atoms with Gasteiger partial charge < -0.3 is 9.47 Å². The van der Waals surface area contributed by atoms with Crippen molar-refractivity contribution in [2.75, 3.05) is 13.1 Å². The molecule has 2 aliphatic rings. The number of nitrogens with one attached hydrogen (secondary N) is 2. The molecule has 3 atom stereocenters. The summed E-state index contributed by atoms with van der Waals surface area (Å²) in [6, 6.07) is 4.12. The van der Waals surface area contributed by atoms with Crippen molar-refractivity contribution in [1.82, 2.24) is 25.3 Å². The first-order valence-corrected chi connectivity index (χ1v) is 10.8. The number of carbonyl (C=O) groups excluding carboxylic acids is 1. The van der Waals surface area contributed by atoms with Crippen molar-refractivity contribution < 1.29 is 4.79 Å². The largest absolute Gasteiger partial charge is 0.334 e. The number of hydrogen-bond acceptors (Lipinski definition) is 5. The SMILES string of the molecule is Cc1cnccc1C1CNNC1C1CCCCN1C(=O)c1c(C)cc(C)n(C)c1=O. The van der Waals surface area contributed by atoms with Gasteiger partial charge in [-0.05, 0) is 68.9 Å². The third kappa shape index (κ3) is 3.56. The molecule has 1 amide bonds. The Morgan fingerprint density at radius 3 is 2.77 bits per heavy atom. The van der Waals surface area contributed by atoms with Gasteiger partial charge in [-0.15, -0.1) is 0 Å². The Labute approximate surface area is 177 Å². The molecular formula is C23H31N5O2. The Bertz CT molecular complexity index is 1020. The molecule has 2 aromatic heterocycles. The van der Waals surface area contributed by atoms with Crippen LogP contribution >= 0.6 is 0 Å². The van der Waals surface area contributed by atoms with Gasteiger partial charge in [0.2, 0.25) is 0 Å². The number of nitrogens with zero attached hydrogens (tertiary/aromatic N) is 3. The predicted molar refractivity (Wildman–Crippen MR) is 116 cm³/mol. The molecule has 2 aliphatic heterocycles. The Hall–Kier alpha value is -2.51. The van der Waals surface area contributed by atoms with E-state index in [0.29, 0.717) is 12.1 Å². The fourth-order valence-electron chi connectivity index (χ4n) is 5.05. The maximum Gasteiger partial charge on any atom is 0.263 e. The van der Waals surface area contributed by atoms with E-state index in [2.05, 4.69) is 28.8 Å². The summed E-state index contributed by atoms with van der Waals surface area (Å²) < 4.78 is 1.57. The van der Waals surface area contributed by atoms with Gasteiger partial charge in [-0.1, -0.05) is 0 Å². The highest BCUT2D eigenvalue weighted by molar-refractivity contribution is 5.95. The molecule has 160 valence electrons. The number of aromatic nitrogens is 2. The molecule has 0 saturated carbocycles. The number of pyridine rings is 2.